The van der Waals surface area contributed by atoms with Crippen molar-refractivity contribution >= 4 is 0 Å². The molecule has 2 aromatic rings. The summed E-state index contributed by atoms with van der Waals surface area (Å²) < 4.78 is 11.4. The van der Waals surface area contributed by atoms with Crippen LogP contribution in [0.15, 0.2) is 54.6 Å². The number of rotatable bonds is 11. The summed E-state index contributed by atoms with van der Waals surface area (Å²) in [7, 11) is 0. The van der Waals surface area contributed by atoms with E-state index in [1.54, 1.807) is 0 Å². The Labute approximate surface area is 181 Å². The molecule has 1 N–H and O–H groups in total. The standard InChI is InChI=1S/C26H37NO3/c1-3-5-18-30-24-13-11-23(12-14-24)26(28,15-4-2)25(22-9-7-6-8-10-22)21-27-16-19-29-20-17-27/h6-14,25,28H,3-5,15-21H2,1-2H3/t25-,26+/m1/s1. The highest BCUT2D eigenvalue weighted by molar-refractivity contribution is 5.35. The monoisotopic (exact) mass is 411 g/mol. The van der Waals surface area contributed by atoms with Crippen molar-refractivity contribution in [3.63, 3.8) is 0 Å². The number of benzene rings is 2. The van der Waals surface area contributed by atoms with Gasteiger partial charge in [0.25, 0.3) is 0 Å². The summed E-state index contributed by atoms with van der Waals surface area (Å²) in [5.74, 6) is 0.860. The molecule has 1 heterocycles. The first-order valence-electron chi connectivity index (χ1n) is 11.5. The van der Waals surface area contributed by atoms with Crippen LogP contribution in [-0.2, 0) is 10.3 Å². The fourth-order valence-electron chi connectivity index (χ4n) is 4.33. The summed E-state index contributed by atoms with van der Waals surface area (Å²) in [6, 6.07) is 18.6. The van der Waals surface area contributed by atoms with Gasteiger partial charge in [0.15, 0.2) is 0 Å². The molecule has 1 fully saturated rings. The van der Waals surface area contributed by atoms with Crippen LogP contribution in [0.2, 0.25) is 0 Å². The molecule has 0 amide bonds. The maximum atomic E-state index is 12.1. The molecule has 1 saturated heterocycles. The van der Waals surface area contributed by atoms with Crippen LogP contribution in [-0.4, -0.2) is 49.5 Å². The van der Waals surface area contributed by atoms with E-state index in [9.17, 15) is 5.11 Å². The van der Waals surface area contributed by atoms with E-state index in [1.165, 1.54) is 5.56 Å². The van der Waals surface area contributed by atoms with Gasteiger partial charge in [-0.1, -0.05) is 69.2 Å². The van der Waals surface area contributed by atoms with Crippen molar-refractivity contribution in [3.05, 3.63) is 65.7 Å². The van der Waals surface area contributed by atoms with Crippen molar-refractivity contribution in [2.45, 2.75) is 51.0 Å². The van der Waals surface area contributed by atoms with E-state index >= 15 is 0 Å². The number of unbranched alkanes of at least 4 members (excludes halogenated alkanes) is 1. The van der Waals surface area contributed by atoms with E-state index in [0.29, 0.717) is 6.42 Å². The quantitative estimate of drug-likeness (QED) is 0.530. The molecule has 1 aliphatic heterocycles. The fraction of sp³-hybridized carbons (Fsp3) is 0.538. The van der Waals surface area contributed by atoms with Gasteiger partial charge in [-0.3, -0.25) is 4.90 Å². The van der Waals surface area contributed by atoms with E-state index in [1.807, 2.05) is 30.3 Å². The molecule has 4 nitrogen and oxygen atoms in total. The number of hydrogen-bond donors (Lipinski definition) is 1. The summed E-state index contributed by atoms with van der Waals surface area (Å²) in [6.07, 6.45) is 3.80. The normalized spacial score (nSPS) is 18.0. The third-order valence-corrected chi connectivity index (χ3v) is 6.07. The van der Waals surface area contributed by atoms with Crippen LogP contribution >= 0.6 is 0 Å². The van der Waals surface area contributed by atoms with Gasteiger partial charge in [0.2, 0.25) is 0 Å². The topological polar surface area (TPSA) is 41.9 Å². The van der Waals surface area contributed by atoms with Crippen LogP contribution in [0.1, 0.15) is 56.6 Å². The third kappa shape index (κ3) is 5.84. The first-order valence-corrected chi connectivity index (χ1v) is 11.5. The zero-order valence-electron chi connectivity index (χ0n) is 18.6. The highest BCUT2D eigenvalue weighted by Gasteiger charge is 2.39. The number of hydrogen-bond acceptors (Lipinski definition) is 4. The van der Waals surface area contributed by atoms with Crippen molar-refractivity contribution in [1.82, 2.24) is 4.90 Å². The van der Waals surface area contributed by atoms with Crippen molar-refractivity contribution in [2.75, 3.05) is 39.5 Å². The van der Waals surface area contributed by atoms with Crippen molar-refractivity contribution in [3.8, 4) is 5.75 Å². The van der Waals surface area contributed by atoms with E-state index in [4.69, 9.17) is 9.47 Å². The Bertz CT molecular complexity index is 728. The van der Waals surface area contributed by atoms with Crippen LogP contribution in [0.4, 0.5) is 0 Å². The largest absolute Gasteiger partial charge is 0.494 e. The van der Waals surface area contributed by atoms with Gasteiger partial charge in [-0.15, -0.1) is 0 Å². The van der Waals surface area contributed by atoms with E-state index in [2.05, 4.69) is 43.0 Å². The second-order valence-corrected chi connectivity index (χ2v) is 8.28. The number of ether oxygens (including phenoxy) is 2. The molecule has 0 saturated carbocycles. The van der Waals surface area contributed by atoms with Crippen molar-refractivity contribution < 1.29 is 14.6 Å². The maximum Gasteiger partial charge on any atom is 0.119 e. The molecular formula is C26H37NO3. The first kappa shape index (κ1) is 22.8. The first-order chi connectivity index (χ1) is 14.7. The van der Waals surface area contributed by atoms with Gasteiger partial charge in [0.1, 0.15) is 5.75 Å². The van der Waals surface area contributed by atoms with E-state index < -0.39 is 5.60 Å². The molecule has 0 unspecified atom stereocenters. The van der Waals surface area contributed by atoms with E-state index in [0.717, 1.165) is 70.0 Å². The van der Waals surface area contributed by atoms with E-state index in [-0.39, 0.29) is 5.92 Å². The predicted octanol–water partition coefficient (Wildman–Crippen LogP) is 4.97. The molecule has 30 heavy (non-hydrogen) atoms. The number of morpholine rings is 1. The second-order valence-electron chi connectivity index (χ2n) is 8.28. The highest BCUT2D eigenvalue weighted by atomic mass is 16.5. The van der Waals surface area contributed by atoms with Gasteiger partial charge < -0.3 is 14.6 Å². The Hall–Kier alpha value is -1.88. The van der Waals surface area contributed by atoms with Gasteiger partial charge in [0, 0.05) is 25.6 Å². The minimum atomic E-state index is -0.934. The number of nitrogens with zero attached hydrogens (tertiary/aromatic N) is 1. The Morgan fingerprint density at radius 1 is 1.00 bits per heavy atom. The molecule has 1 aliphatic rings. The summed E-state index contributed by atoms with van der Waals surface area (Å²) in [5.41, 5.74) is 1.22. The molecule has 0 spiro atoms. The van der Waals surface area contributed by atoms with Crippen LogP contribution in [0.25, 0.3) is 0 Å². The Morgan fingerprint density at radius 3 is 2.33 bits per heavy atom. The molecule has 0 aromatic heterocycles. The Kier molecular flexibility index (Phi) is 8.74. The molecule has 0 radical (unpaired) electrons. The average Bonchev–Trinajstić information content (AvgIpc) is 2.79. The molecule has 2 atom stereocenters. The maximum absolute atomic E-state index is 12.1. The second kappa shape index (κ2) is 11.5. The van der Waals surface area contributed by atoms with Crippen LogP contribution < -0.4 is 4.74 Å². The minimum absolute atomic E-state index is 0.0105. The van der Waals surface area contributed by atoms with Gasteiger partial charge in [-0.05, 0) is 36.1 Å². The lowest BCUT2D eigenvalue weighted by Gasteiger charge is -2.41. The summed E-state index contributed by atoms with van der Waals surface area (Å²) in [6.45, 7) is 9.21. The zero-order chi connectivity index (χ0) is 21.2. The summed E-state index contributed by atoms with van der Waals surface area (Å²) in [5, 5.41) is 12.1. The van der Waals surface area contributed by atoms with Gasteiger partial charge in [-0.25, -0.2) is 0 Å². The fourth-order valence-corrected chi connectivity index (χ4v) is 4.33. The SMILES string of the molecule is CCCCOc1ccc([C@@](O)(CCC)[C@H](CN2CCOCC2)c2ccccc2)cc1. The molecule has 4 heteroatoms. The van der Waals surface area contributed by atoms with Crippen LogP contribution in [0.3, 0.4) is 0 Å². The Balaban J connectivity index is 1.89. The molecule has 0 bridgehead atoms. The van der Waals surface area contributed by atoms with Crippen molar-refractivity contribution in [1.29, 1.82) is 0 Å². The average molecular weight is 412 g/mol. The number of aliphatic hydroxyl groups is 1. The smallest absolute Gasteiger partial charge is 0.119 e. The van der Waals surface area contributed by atoms with Crippen LogP contribution in [0.5, 0.6) is 5.75 Å². The molecule has 0 aliphatic carbocycles. The predicted molar refractivity (Wildman–Crippen MR) is 122 cm³/mol. The summed E-state index contributed by atoms with van der Waals surface area (Å²) >= 11 is 0. The third-order valence-electron chi connectivity index (χ3n) is 6.07. The molecule has 2 aromatic carbocycles. The van der Waals surface area contributed by atoms with Gasteiger partial charge in [-0.2, -0.15) is 0 Å². The molecular weight excluding hydrogens is 374 g/mol. The highest BCUT2D eigenvalue weighted by Crippen LogP contribution is 2.42. The van der Waals surface area contributed by atoms with Crippen LogP contribution in [0, 0.1) is 0 Å². The minimum Gasteiger partial charge on any atom is -0.494 e. The zero-order valence-corrected chi connectivity index (χ0v) is 18.6. The molecule has 164 valence electrons. The van der Waals surface area contributed by atoms with Crippen molar-refractivity contribution in [2.24, 2.45) is 0 Å². The lowest BCUT2D eigenvalue weighted by Crippen LogP contribution is -2.45. The van der Waals surface area contributed by atoms with Gasteiger partial charge in [0.05, 0.1) is 25.4 Å². The molecule has 3 rings (SSSR count). The lowest BCUT2D eigenvalue weighted by molar-refractivity contribution is -0.0285. The summed E-state index contributed by atoms with van der Waals surface area (Å²) in [4.78, 5) is 2.42. The Morgan fingerprint density at radius 2 is 1.70 bits per heavy atom. The lowest BCUT2D eigenvalue weighted by atomic mass is 9.74. The van der Waals surface area contributed by atoms with Gasteiger partial charge >= 0.3 is 0 Å².